The minimum absolute atomic E-state index is 0.0784. The van der Waals surface area contributed by atoms with Crippen LogP contribution in [0.2, 0.25) is 0 Å². The maximum absolute atomic E-state index is 6.32. The molecule has 2 rings (SSSR count). The van der Waals surface area contributed by atoms with Crippen LogP contribution in [0.25, 0.3) is 0 Å². The fourth-order valence-electron chi connectivity index (χ4n) is 2.12. The quantitative estimate of drug-likeness (QED) is 0.872. The molecular weight excluding hydrogens is 306 g/mol. The molecule has 1 unspecified atom stereocenters. The zero-order valence-corrected chi connectivity index (χ0v) is 13.4. The molecule has 0 spiro atoms. The molecule has 1 heterocycles. The van der Waals surface area contributed by atoms with E-state index >= 15 is 0 Å². The molecule has 18 heavy (non-hydrogen) atoms. The van der Waals surface area contributed by atoms with E-state index in [1.807, 2.05) is 0 Å². The average Bonchev–Trinajstić information content (AvgIpc) is 2.63. The van der Waals surface area contributed by atoms with Gasteiger partial charge < -0.3 is 5.73 Å². The third-order valence-electron chi connectivity index (χ3n) is 3.35. The van der Waals surface area contributed by atoms with Gasteiger partial charge in [-0.1, -0.05) is 18.2 Å². The van der Waals surface area contributed by atoms with E-state index in [4.69, 9.17) is 5.73 Å². The Morgan fingerprint density at radius 3 is 2.44 bits per heavy atom. The first-order chi connectivity index (χ1) is 8.47. The van der Waals surface area contributed by atoms with Crippen molar-refractivity contribution in [2.24, 2.45) is 5.73 Å². The third-order valence-corrected chi connectivity index (χ3v) is 4.92. The van der Waals surface area contributed by atoms with Gasteiger partial charge in [-0.05, 0) is 71.4 Å². The van der Waals surface area contributed by atoms with Crippen molar-refractivity contribution < 1.29 is 0 Å². The van der Waals surface area contributed by atoms with Crippen molar-refractivity contribution >= 4 is 27.3 Å². The van der Waals surface area contributed by atoms with Gasteiger partial charge in [-0.2, -0.15) is 0 Å². The summed E-state index contributed by atoms with van der Waals surface area (Å²) in [5.41, 5.74) is 11.6. The van der Waals surface area contributed by atoms with E-state index in [1.54, 1.807) is 11.3 Å². The summed E-state index contributed by atoms with van der Waals surface area (Å²) in [6, 6.07) is 8.82. The van der Waals surface area contributed by atoms with Crippen LogP contribution in [0.1, 0.15) is 33.2 Å². The van der Waals surface area contributed by atoms with Gasteiger partial charge in [0.25, 0.3) is 0 Å². The van der Waals surface area contributed by atoms with Crippen molar-refractivity contribution in [1.82, 2.24) is 0 Å². The van der Waals surface area contributed by atoms with E-state index in [-0.39, 0.29) is 6.04 Å². The molecule has 0 saturated heterocycles. The Balaban J connectivity index is 2.18. The first kappa shape index (κ1) is 13.8. The van der Waals surface area contributed by atoms with Crippen LogP contribution in [0.5, 0.6) is 0 Å². The molecule has 3 heteroatoms. The predicted molar refractivity (Wildman–Crippen MR) is 83.3 cm³/mol. The fraction of sp³-hybridized carbons (Fsp3) is 0.333. The Labute approximate surface area is 121 Å². The highest BCUT2D eigenvalue weighted by molar-refractivity contribution is 9.11. The second-order valence-corrected chi connectivity index (χ2v) is 7.43. The summed E-state index contributed by atoms with van der Waals surface area (Å²) < 4.78 is 1.16. The van der Waals surface area contributed by atoms with Crippen LogP contribution in [-0.4, -0.2) is 0 Å². The van der Waals surface area contributed by atoms with Gasteiger partial charge in [-0.3, -0.25) is 0 Å². The number of nitrogens with two attached hydrogens (primary N) is 1. The Kier molecular flexibility index (Phi) is 4.25. The maximum Gasteiger partial charge on any atom is 0.0704 e. The van der Waals surface area contributed by atoms with Gasteiger partial charge in [0.2, 0.25) is 0 Å². The smallest absolute Gasteiger partial charge is 0.0704 e. The summed E-state index contributed by atoms with van der Waals surface area (Å²) >= 11 is 5.27. The van der Waals surface area contributed by atoms with E-state index in [9.17, 15) is 0 Å². The number of thiophene rings is 1. The SMILES string of the molecule is Cc1ccc(CC(N)c2cc(Br)sc2C)cc1C. The molecule has 96 valence electrons. The van der Waals surface area contributed by atoms with Gasteiger partial charge in [0.05, 0.1) is 3.79 Å². The molecule has 1 aromatic heterocycles. The van der Waals surface area contributed by atoms with Crippen molar-refractivity contribution in [3.63, 3.8) is 0 Å². The van der Waals surface area contributed by atoms with Crippen molar-refractivity contribution in [1.29, 1.82) is 0 Å². The summed E-state index contributed by atoms with van der Waals surface area (Å²) in [4.78, 5) is 1.30. The number of benzene rings is 1. The zero-order chi connectivity index (χ0) is 13.3. The third kappa shape index (κ3) is 3.02. The summed E-state index contributed by atoms with van der Waals surface area (Å²) in [6.45, 7) is 6.42. The van der Waals surface area contributed by atoms with Crippen LogP contribution in [0.4, 0.5) is 0 Å². The second-order valence-electron chi connectivity index (χ2n) is 4.79. The van der Waals surface area contributed by atoms with Crippen LogP contribution in [0.15, 0.2) is 28.1 Å². The fourth-order valence-corrected chi connectivity index (χ4v) is 3.90. The van der Waals surface area contributed by atoms with Gasteiger partial charge in [-0.25, -0.2) is 0 Å². The molecule has 1 nitrogen and oxygen atoms in total. The molecule has 1 aromatic carbocycles. The zero-order valence-electron chi connectivity index (χ0n) is 11.0. The lowest BCUT2D eigenvalue weighted by Gasteiger charge is -2.12. The Bertz CT molecular complexity index is 560. The molecule has 0 fully saturated rings. The van der Waals surface area contributed by atoms with Crippen molar-refractivity contribution in [2.75, 3.05) is 0 Å². The number of rotatable bonds is 3. The highest BCUT2D eigenvalue weighted by atomic mass is 79.9. The Hall–Kier alpha value is -0.640. The minimum Gasteiger partial charge on any atom is -0.324 e. The molecule has 0 saturated carbocycles. The summed E-state index contributed by atoms with van der Waals surface area (Å²) in [7, 11) is 0. The van der Waals surface area contributed by atoms with Crippen molar-refractivity contribution in [2.45, 2.75) is 33.2 Å². The largest absolute Gasteiger partial charge is 0.324 e. The van der Waals surface area contributed by atoms with Crippen LogP contribution in [-0.2, 0) is 6.42 Å². The Morgan fingerprint density at radius 1 is 1.17 bits per heavy atom. The van der Waals surface area contributed by atoms with E-state index in [1.165, 1.54) is 27.1 Å². The maximum atomic E-state index is 6.32. The monoisotopic (exact) mass is 323 g/mol. The molecule has 0 bridgehead atoms. The van der Waals surface area contributed by atoms with Gasteiger partial charge in [0, 0.05) is 10.9 Å². The molecule has 2 aromatic rings. The van der Waals surface area contributed by atoms with Crippen LogP contribution in [0, 0.1) is 20.8 Å². The number of halogens is 1. The minimum atomic E-state index is 0.0784. The summed E-state index contributed by atoms with van der Waals surface area (Å²) in [6.07, 6.45) is 0.894. The molecule has 2 N–H and O–H groups in total. The standard InChI is InChI=1S/C15H18BrNS/c1-9-4-5-12(6-10(9)2)7-14(17)13-8-15(16)18-11(13)3/h4-6,8,14H,7,17H2,1-3H3. The molecule has 0 aliphatic rings. The second kappa shape index (κ2) is 5.55. The van der Waals surface area contributed by atoms with Crippen LogP contribution in [0.3, 0.4) is 0 Å². The molecule has 0 radical (unpaired) electrons. The number of aryl methyl sites for hydroxylation is 3. The topological polar surface area (TPSA) is 26.0 Å². The van der Waals surface area contributed by atoms with Gasteiger partial charge in [-0.15, -0.1) is 11.3 Å². The highest BCUT2D eigenvalue weighted by Crippen LogP contribution is 2.31. The lowest BCUT2D eigenvalue weighted by molar-refractivity contribution is 0.720. The van der Waals surface area contributed by atoms with Gasteiger partial charge in [0.15, 0.2) is 0 Å². The molecular formula is C15H18BrNS. The van der Waals surface area contributed by atoms with E-state index < -0.39 is 0 Å². The predicted octanol–water partition coefficient (Wildman–Crippen LogP) is 4.68. The number of hydrogen-bond donors (Lipinski definition) is 1. The number of hydrogen-bond acceptors (Lipinski definition) is 2. The lowest BCUT2D eigenvalue weighted by Crippen LogP contribution is -2.13. The first-order valence-corrected chi connectivity index (χ1v) is 7.66. The van der Waals surface area contributed by atoms with Gasteiger partial charge in [0.1, 0.15) is 0 Å². The lowest BCUT2D eigenvalue weighted by atomic mass is 9.98. The normalized spacial score (nSPS) is 12.7. The van der Waals surface area contributed by atoms with Crippen LogP contribution < -0.4 is 5.73 Å². The molecule has 0 amide bonds. The molecule has 0 aliphatic carbocycles. The van der Waals surface area contributed by atoms with Crippen molar-refractivity contribution in [3.05, 3.63) is 55.2 Å². The van der Waals surface area contributed by atoms with Crippen LogP contribution >= 0.6 is 27.3 Å². The highest BCUT2D eigenvalue weighted by Gasteiger charge is 2.13. The average molecular weight is 324 g/mol. The Morgan fingerprint density at radius 2 is 1.89 bits per heavy atom. The van der Waals surface area contributed by atoms with Gasteiger partial charge >= 0.3 is 0 Å². The summed E-state index contributed by atoms with van der Waals surface area (Å²) in [5.74, 6) is 0. The first-order valence-electron chi connectivity index (χ1n) is 6.05. The molecule has 0 aliphatic heterocycles. The van der Waals surface area contributed by atoms with E-state index in [0.29, 0.717) is 0 Å². The van der Waals surface area contributed by atoms with E-state index in [2.05, 4.69) is 61.0 Å². The summed E-state index contributed by atoms with van der Waals surface area (Å²) in [5, 5.41) is 0. The van der Waals surface area contributed by atoms with Crippen molar-refractivity contribution in [3.8, 4) is 0 Å². The van der Waals surface area contributed by atoms with E-state index in [0.717, 1.165) is 10.2 Å². The molecule has 1 atom stereocenters.